The average Bonchev–Trinajstić information content (AvgIpc) is 2.77. The van der Waals surface area contributed by atoms with E-state index < -0.39 is 0 Å². The average molecular weight is 341 g/mol. The normalized spacial score (nSPS) is 12.3. The molecule has 1 atom stereocenters. The first-order valence-electron chi connectivity index (χ1n) is 5.99. The highest BCUT2D eigenvalue weighted by Gasteiger charge is 2.18. The highest BCUT2D eigenvalue weighted by molar-refractivity contribution is 9.09. The summed E-state index contributed by atoms with van der Waals surface area (Å²) in [7, 11) is 3.34. The van der Waals surface area contributed by atoms with Gasteiger partial charge in [0.1, 0.15) is 11.5 Å². The zero-order valence-corrected chi connectivity index (χ0v) is 13.9. The van der Waals surface area contributed by atoms with Crippen LogP contribution < -0.4 is 9.47 Å². The molecule has 0 saturated heterocycles. The summed E-state index contributed by atoms with van der Waals surface area (Å²) in [6.07, 6.45) is 0. The van der Waals surface area contributed by atoms with Crippen LogP contribution in [0.4, 0.5) is 0 Å². The topological polar surface area (TPSA) is 18.5 Å². The van der Waals surface area contributed by atoms with Gasteiger partial charge in [0.2, 0.25) is 0 Å². The fraction of sp³-hybridized carbons (Fsp3) is 0.333. The van der Waals surface area contributed by atoms with Crippen molar-refractivity contribution in [3.63, 3.8) is 0 Å². The summed E-state index contributed by atoms with van der Waals surface area (Å²) in [6.45, 7) is 4.29. The molecule has 19 heavy (non-hydrogen) atoms. The van der Waals surface area contributed by atoms with Gasteiger partial charge < -0.3 is 9.47 Å². The number of aryl methyl sites for hydroxylation is 2. The Morgan fingerprint density at radius 3 is 2.37 bits per heavy atom. The molecule has 2 aromatic rings. The summed E-state index contributed by atoms with van der Waals surface area (Å²) >= 11 is 5.58. The molecule has 2 rings (SSSR count). The number of halogens is 1. The first-order valence-corrected chi connectivity index (χ1v) is 7.73. The fourth-order valence-corrected chi connectivity index (χ4v) is 3.74. The van der Waals surface area contributed by atoms with Crippen molar-refractivity contribution in [1.29, 1.82) is 0 Å². The maximum absolute atomic E-state index is 5.46. The Kier molecular flexibility index (Phi) is 4.53. The van der Waals surface area contributed by atoms with Gasteiger partial charge in [-0.1, -0.05) is 22.0 Å². The van der Waals surface area contributed by atoms with Crippen LogP contribution in [0.1, 0.15) is 25.7 Å². The van der Waals surface area contributed by atoms with Crippen LogP contribution in [0.3, 0.4) is 0 Å². The van der Waals surface area contributed by atoms with Crippen molar-refractivity contribution in [2.75, 3.05) is 14.2 Å². The minimum absolute atomic E-state index is 0.144. The minimum atomic E-state index is 0.144. The smallest absolute Gasteiger partial charge is 0.127 e. The Labute approximate surface area is 126 Å². The summed E-state index contributed by atoms with van der Waals surface area (Å²) in [4.78, 5) is 2.79. The second kappa shape index (κ2) is 5.97. The van der Waals surface area contributed by atoms with Crippen molar-refractivity contribution in [2.24, 2.45) is 0 Å². The van der Waals surface area contributed by atoms with Gasteiger partial charge >= 0.3 is 0 Å². The molecule has 0 aliphatic carbocycles. The van der Waals surface area contributed by atoms with E-state index >= 15 is 0 Å². The first kappa shape index (κ1) is 14.4. The molecule has 1 aromatic carbocycles. The molecule has 0 radical (unpaired) electrons. The summed E-state index contributed by atoms with van der Waals surface area (Å²) in [5.74, 6) is 1.64. The number of benzene rings is 1. The second-order valence-corrected chi connectivity index (χ2v) is 6.56. The molecule has 0 fully saturated rings. The molecular weight excluding hydrogens is 324 g/mol. The predicted molar refractivity (Wildman–Crippen MR) is 84.1 cm³/mol. The highest BCUT2D eigenvalue weighted by Crippen LogP contribution is 2.41. The van der Waals surface area contributed by atoms with E-state index in [-0.39, 0.29) is 4.83 Å². The maximum Gasteiger partial charge on any atom is 0.127 e. The van der Waals surface area contributed by atoms with Crippen molar-refractivity contribution < 1.29 is 9.47 Å². The van der Waals surface area contributed by atoms with Crippen molar-refractivity contribution in [1.82, 2.24) is 0 Å². The zero-order chi connectivity index (χ0) is 14.0. The SMILES string of the molecule is COc1ccc(C(Br)c2cc(C)c(C)s2)c(OC)c1. The molecule has 1 aromatic heterocycles. The van der Waals surface area contributed by atoms with Crippen molar-refractivity contribution in [3.05, 3.63) is 45.1 Å². The van der Waals surface area contributed by atoms with E-state index in [0.717, 1.165) is 17.1 Å². The predicted octanol–water partition coefficient (Wildman–Crippen LogP) is 4.87. The molecule has 0 aliphatic heterocycles. The van der Waals surface area contributed by atoms with Gasteiger partial charge in [0, 0.05) is 21.4 Å². The molecule has 102 valence electrons. The van der Waals surface area contributed by atoms with Crippen LogP contribution in [0.5, 0.6) is 11.5 Å². The number of alkyl halides is 1. The third-order valence-electron chi connectivity index (χ3n) is 3.15. The molecule has 1 heterocycles. The Morgan fingerprint density at radius 1 is 1.11 bits per heavy atom. The first-order chi connectivity index (χ1) is 9.06. The largest absolute Gasteiger partial charge is 0.497 e. The van der Waals surface area contributed by atoms with Crippen LogP contribution in [0, 0.1) is 13.8 Å². The van der Waals surface area contributed by atoms with Crippen LogP contribution >= 0.6 is 27.3 Å². The van der Waals surface area contributed by atoms with Crippen LogP contribution in [0.25, 0.3) is 0 Å². The lowest BCUT2D eigenvalue weighted by Crippen LogP contribution is -1.96. The van der Waals surface area contributed by atoms with Crippen LogP contribution in [0.15, 0.2) is 24.3 Å². The maximum atomic E-state index is 5.46. The van der Waals surface area contributed by atoms with E-state index in [1.807, 2.05) is 29.5 Å². The van der Waals surface area contributed by atoms with E-state index in [9.17, 15) is 0 Å². The molecule has 0 saturated carbocycles. The van der Waals surface area contributed by atoms with Crippen molar-refractivity contribution in [3.8, 4) is 11.5 Å². The molecule has 2 nitrogen and oxygen atoms in total. The monoisotopic (exact) mass is 340 g/mol. The van der Waals surface area contributed by atoms with E-state index in [4.69, 9.17) is 9.47 Å². The van der Waals surface area contributed by atoms with Crippen LogP contribution in [-0.2, 0) is 0 Å². The number of hydrogen-bond donors (Lipinski definition) is 0. The summed E-state index contributed by atoms with van der Waals surface area (Å²) < 4.78 is 10.7. The van der Waals surface area contributed by atoms with Crippen molar-refractivity contribution in [2.45, 2.75) is 18.7 Å². The van der Waals surface area contributed by atoms with Gasteiger partial charge in [0.15, 0.2) is 0 Å². The summed E-state index contributed by atoms with van der Waals surface area (Å²) in [5.41, 5.74) is 2.45. The van der Waals surface area contributed by atoms with Crippen molar-refractivity contribution >= 4 is 27.3 Å². The number of ether oxygens (including phenoxy) is 2. The van der Waals surface area contributed by atoms with Crippen LogP contribution in [-0.4, -0.2) is 14.2 Å². The molecule has 0 bridgehead atoms. The Hall–Kier alpha value is -1.00. The van der Waals surface area contributed by atoms with E-state index in [1.165, 1.54) is 15.3 Å². The third-order valence-corrected chi connectivity index (χ3v) is 5.66. The highest BCUT2D eigenvalue weighted by atomic mass is 79.9. The molecule has 0 N–H and O–H groups in total. The van der Waals surface area contributed by atoms with Gasteiger partial charge in [-0.15, -0.1) is 11.3 Å². The zero-order valence-electron chi connectivity index (χ0n) is 11.5. The van der Waals surface area contributed by atoms with Gasteiger partial charge in [-0.05, 0) is 31.5 Å². The molecule has 0 amide bonds. The van der Waals surface area contributed by atoms with Gasteiger partial charge in [0.25, 0.3) is 0 Å². The quantitative estimate of drug-likeness (QED) is 0.739. The Balaban J connectivity index is 2.40. The summed E-state index contributed by atoms with van der Waals surface area (Å²) in [6, 6.07) is 8.14. The Bertz CT molecular complexity index is 558. The molecule has 4 heteroatoms. The lowest BCUT2D eigenvalue weighted by molar-refractivity contribution is 0.391. The molecule has 1 unspecified atom stereocenters. The lowest BCUT2D eigenvalue weighted by Gasteiger charge is -2.14. The number of thiophene rings is 1. The molecular formula is C15H17BrO2S. The van der Waals surface area contributed by atoms with Gasteiger partial charge in [-0.3, -0.25) is 0 Å². The number of rotatable bonds is 4. The van der Waals surface area contributed by atoms with Gasteiger partial charge in [-0.25, -0.2) is 0 Å². The lowest BCUT2D eigenvalue weighted by atomic mass is 10.1. The minimum Gasteiger partial charge on any atom is -0.497 e. The van der Waals surface area contributed by atoms with Crippen LogP contribution in [0.2, 0.25) is 0 Å². The number of hydrogen-bond acceptors (Lipinski definition) is 3. The third kappa shape index (κ3) is 2.95. The number of methoxy groups -OCH3 is 2. The van der Waals surface area contributed by atoms with E-state index in [0.29, 0.717) is 0 Å². The van der Waals surface area contributed by atoms with E-state index in [1.54, 1.807) is 14.2 Å². The van der Waals surface area contributed by atoms with Gasteiger partial charge in [0.05, 0.1) is 19.0 Å². The second-order valence-electron chi connectivity index (χ2n) is 4.36. The molecule has 0 aliphatic rings. The summed E-state index contributed by atoms with van der Waals surface area (Å²) in [5, 5.41) is 0. The van der Waals surface area contributed by atoms with Gasteiger partial charge in [-0.2, -0.15) is 0 Å². The molecule has 0 spiro atoms. The van der Waals surface area contributed by atoms with E-state index in [2.05, 4.69) is 35.8 Å². The standard InChI is InChI=1S/C15H17BrO2S/c1-9-7-14(19-10(9)2)15(16)12-6-5-11(17-3)8-13(12)18-4/h5-8,15H,1-4H3. The fourth-order valence-electron chi connectivity index (χ4n) is 1.91. The Morgan fingerprint density at radius 2 is 1.84 bits per heavy atom.